The summed E-state index contributed by atoms with van der Waals surface area (Å²) in [7, 11) is 0. The number of hydrogen-bond donors (Lipinski definition) is 1. The van der Waals surface area contributed by atoms with Crippen molar-refractivity contribution in [2.24, 2.45) is 5.73 Å². The van der Waals surface area contributed by atoms with Crippen LogP contribution in [-0.4, -0.2) is 43.4 Å². The minimum absolute atomic E-state index is 0.250. The van der Waals surface area contributed by atoms with Gasteiger partial charge in [-0.05, 0) is 23.3 Å². The van der Waals surface area contributed by atoms with E-state index in [-0.39, 0.29) is 23.9 Å². The molecule has 7 heteroatoms. The highest BCUT2D eigenvalue weighted by Gasteiger charge is 2.43. The second-order valence-corrected chi connectivity index (χ2v) is 7.63. The van der Waals surface area contributed by atoms with E-state index in [1.54, 1.807) is 12.1 Å². The topological polar surface area (TPSA) is 68.0 Å². The minimum atomic E-state index is -0.488. The average molecular weight is 385 g/mol. The zero-order valence-corrected chi connectivity index (χ0v) is 15.8. The van der Waals surface area contributed by atoms with Crippen molar-refractivity contribution in [3.05, 3.63) is 65.5 Å². The number of cyclic esters (lactones) is 1. The van der Waals surface area contributed by atoms with Gasteiger partial charge in [0.05, 0.1) is 18.8 Å². The van der Waals surface area contributed by atoms with Crippen molar-refractivity contribution in [3.63, 3.8) is 0 Å². The molecule has 148 valence electrons. The number of halogens is 1. The van der Waals surface area contributed by atoms with Gasteiger partial charge in [-0.1, -0.05) is 43.3 Å². The molecule has 2 heterocycles. The van der Waals surface area contributed by atoms with Crippen molar-refractivity contribution >= 4 is 11.8 Å². The molecule has 2 fully saturated rings. The van der Waals surface area contributed by atoms with Gasteiger partial charge in [-0.2, -0.15) is 5.06 Å². The maximum Gasteiger partial charge on any atom is 0.414 e. The van der Waals surface area contributed by atoms with Crippen molar-refractivity contribution in [1.29, 1.82) is 0 Å². The van der Waals surface area contributed by atoms with E-state index in [1.165, 1.54) is 11.0 Å². The molecular formula is C21H24FN3O3. The van der Waals surface area contributed by atoms with E-state index in [1.807, 2.05) is 42.3 Å². The van der Waals surface area contributed by atoms with E-state index >= 15 is 0 Å². The van der Waals surface area contributed by atoms with Crippen LogP contribution in [0.25, 0.3) is 0 Å². The van der Waals surface area contributed by atoms with Gasteiger partial charge in [-0.15, -0.1) is 0 Å². The predicted octanol–water partition coefficient (Wildman–Crippen LogP) is 2.81. The van der Waals surface area contributed by atoms with Crippen LogP contribution in [0, 0.1) is 5.82 Å². The van der Waals surface area contributed by atoms with E-state index in [2.05, 4.69) is 0 Å². The highest BCUT2D eigenvalue weighted by molar-refractivity contribution is 5.89. The van der Waals surface area contributed by atoms with Gasteiger partial charge in [-0.3, -0.25) is 9.74 Å². The Balaban J connectivity index is 1.39. The Labute approximate surface area is 163 Å². The van der Waals surface area contributed by atoms with E-state index in [0.29, 0.717) is 37.5 Å². The second-order valence-electron chi connectivity index (χ2n) is 7.63. The maximum atomic E-state index is 14.8. The van der Waals surface area contributed by atoms with Crippen LogP contribution in [0.2, 0.25) is 0 Å². The summed E-state index contributed by atoms with van der Waals surface area (Å²) in [4.78, 5) is 19.2. The number of hydroxylamine groups is 2. The summed E-state index contributed by atoms with van der Waals surface area (Å²) in [6.45, 7) is 4.32. The third-order valence-corrected chi connectivity index (χ3v) is 5.36. The van der Waals surface area contributed by atoms with Crippen LogP contribution in [0.15, 0.2) is 48.5 Å². The van der Waals surface area contributed by atoms with E-state index in [4.69, 9.17) is 15.3 Å². The number of nitrogens with zero attached hydrogens (tertiary/aromatic N) is 2. The van der Waals surface area contributed by atoms with E-state index < -0.39 is 6.09 Å². The van der Waals surface area contributed by atoms with Gasteiger partial charge in [-0.25, -0.2) is 9.18 Å². The zero-order valence-electron chi connectivity index (χ0n) is 15.8. The number of amides is 1. The standard InChI is InChI=1S/C21H24FN3O3/c1-21(13-24(14-21)27-12-15-5-3-2-4-6-15)18-8-7-16(9-19(18)22)25-11-17(10-23)28-20(25)26/h2-9,17H,10-14,23H2,1H3. The monoisotopic (exact) mass is 385 g/mol. The number of anilines is 1. The first-order valence-corrected chi connectivity index (χ1v) is 9.38. The molecule has 0 spiro atoms. The number of rotatable bonds is 6. The fourth-order valence-corrected chi connectivity index (χ4v) is 3.75. The summed E-state index contributed by atoms with van der Waals surface area (Å²) in [5, 5.41) is 1.85. The fraction of sp³-hybridized carbons (Fsp3) is 0.381. The summed E-state index contributed by atoms with van der Waals surface area (Å²) in [6, 6.07) is 14.8. The smallest absolute Gasteiger partial charge is 0.414 e. The van der Waals surface area contributed by atoms with Crippen LogP contribution >= 0.6 is 0 Å². The minimum Gasteiger partial charge on any atom is -0.443 e. The second kappa shape index (κ2) is 7.50. The molecule has 2 aromatic rings. The molecule has 0 radical (unpaired) electrons. The summed E-state index contributed by atoms with van der Waals surface area (Å²) in [6.07, 6.45) is -0.840. The molecule has 2 aliphatic heterocycles. The third-order valence-electron chi connectivity index (χ3n) is 5.36. The van der Waals surface area contributed by atoms with Crippen LogP contribution in [-0.2, 0) is 21.6 Å². The number of carbonyl (C=O) groups is 1. The van der Waals surface area contributed by atoms with Gasteiger partial charge in [0.2, 0.25) is 0 Å². The Morgan fingerprint density at radius 3 is 2.64 bits per heavy atom. The molecule has 2 aromatic carbocycles. The molecule has 6 nitrogen and oxygen atoms in total. The number of carbonyl (C=O) groups excluding carboxylic acids is 1. The Morgan fingerprint density at radius 1 is 1.25 bits per heavy atom. The number of nitrogens with two attached hydrogens (primary N) is 1. The summed E-state index contributed by atoms with van der Waals surface area (Å²) < 4.78 is 20.0. The van der Waals surface area contributed by atoms with E-state index in [9.17, 15) is 9.18 Å². The molecule has 1 unspecified atom stereocenters. The van der Waals surface area contributed by atoms with Gasteiger partial charge >= 0.3 is 6.09 Å². The fourth-order valence-electron chi connectivity index (χ4n) is 3.75. The lowest BCUT2D eigenvalue weighted by molar-refractivity contribution is -0.234. The van der Waals surface area contributed by atoms with Gasteiger partial charge < -0.3 is 10.5 Å². The molecule has 2 N–H and O–H groups in total. The molecular weight excluding hydrogens is 361 g/mol. The molecule has 1 atom stereocenters. The Morgan fingerprint density at radius 2 is 2.00 bits per heavy atom. The summed E-state index contributed by atoms with van der Waals surface area (Å²) in [5.74, 6) is -0.327. The number of ether oxygens (including phenoxy) is 1. The molecule has 28 heavy (non-hydrogen) atoms. The lowest BCUT2D eigenvalue weighted by Gasteiger charge is -2.47. The van der Waals surface area contributed by atoms with Crippen LogP contribution < -0.4 is 10.6 Å². The largest absolute Gasteiger partial charge is 0.443 e. The van der Waals surface area contributed by atoms with Crippen molar-refractivity contribution < 1.29 is 18.8 Å². The van der Waals surface area contributed by atoms with Gasteiger partial charge in [0, 0.05) is 25.0 Å². The van der Waals surface area contributed by atoms with Crippen molar-refractivity contribution in [2.45, 2.75) is 25.0 Å². The first kappa shape index (κ1) is 18.9. The molecule has 0 aromatic heterocycles. The maximum absolute atomic E-state index is 14.8. The molecule has 0 bridgehead atoms. The molecule has 0 saturated carbocycles. The van der Waals surface area contributed by atoms with Gasteiger partial charge in [0.1, 0.15) is 11.9 Å². The highest BCUT2D eigenvalue weighted by Crippen LogP contribution is 2.37. The summed E-state index contributed by atoms with van der Waals surface area (Å²) >= 11 is 0. The van der Waals surface area contributed by atoms with Crippen LogP contribution in [0.5, 0.6) is 0 Å². The molecule has 4 rings (SSSR count). The Hall–Kier alpha value is -2.48. The molecule has 2 saturated heterocycles. The van der Waals surface area contributed by atoms with Crippen molar-refractivity contribution in [3.8, 4) is 0 Å². The first-order chi connectivity index (χ1) is 13.5. The Bertz CT molecular complexity index is 855. The Kier molecular flexibility index (Phi) is 5.05. The quantitative estimate of drug-likeness (QED) is 0.828. The van der Waals surface area contributed by atoms with Crippen molar-refractivity contribution in [1.82, 2.24) is 5.06 Å². The third kappa shape index (κ3) is 3.61. The normalized spacial score (nSPS) is 21.5. The summed E-state index contributed by atoms with van der Waals surface area (Å²) in [5.41, 5.74) is 7.43. The zero-order chi connectivity index (χ0) is 19.7. The van der Waals surface area contributed by atoms with Gasteiger partial charge in [0.25, 0.3) is 0 Å². The lowest BCUT2D eigenvalue weighted by atomic mass is 9.76. The number of benzene rings is 2. The van der Waals surface area contributed by atoms with Gasteiger partial charge in [0.15, 0.2) is 0 Å². The van der Waals surface area contributed by atoms with Crippen molar-refractivity contribution in [2.75, 3.05) is 31.1 Å². The molecule has 1 amide bonds. The number of hydrogen-bond acceptors (Lipinski definition) is 5. The van der Waals surface area contributed by atoms with Crippen LogP contribution in [0.3, 0.4) is 0 Å². The lowest BCUT2D eigenvalue weighted by Crippen LogP contribution is -2.57. The SMILES string of the molecule is CC1(c2ccc(N3CC(CN)OC3=O)cc2F)CN(OCc2ccccc2)C1. The van der Waals surface area contributed by atoms with Crippen LogP contribution in [0.1, 0.15) is 18.1 Å². The van der Waals surface area contributed by atoms with E-state index in [0.717, 1.165) is 5.56 Å². The predicted molar refractivity (Wildman–Crippen MR) is 103 cm³/mol. The first-order valence-electron chi connectivity index (χ1n) is 9.38. The highest BCUT2D eigenvalue weighted by atomic mass is 19.1. The molecule has 0 aliphatic carbocycles. The van der Waals surface area contributed by atoms with Crippen LogP contribution in [0.4, 0.5) is 14.9 Å². The molecule has 2 aliphatic rings. The average Bonchev–Trinajstić information content (AvgIpc) is 3.06.